The summed E-state index contributed by atoms with van der Waals surface area (Å²) < 4.78 is 25.2. The fourth-order valence-electron chi connectivity index (χ4n) is 1.89. The van der Waals surface area contributed by atoms with E-state index in [4.69, 9.17) is 9.05 Å². The van der Waals surface area contributed by atoms with Crippen molar-refractivity contribution in [3.05, 3.63) is 83.5 Å². The third-order valence-corrected chi connectivity index (χ3v) is 4.79. The van der Waals surface area contributed by atoms with Gasteiger partial charge >= 0.3 is 7.75 Å². The highest BCUT2D eigenvalue weighted by Gasteiger charge is 2.29. The highest BCUT2D eigenvalue weighted by atomic mass is 79.9. The Labute approximate surface area is 148 Å². The summed E-state index contributed by atoms with van der Waals surface area (Å²) in [7, 11) is -3.73. The predicted octanol–water partition coefficient (Wildman–Crippen LogP) is 5.52. The highest BCUT2D eigenvalue weighted by Crippen LogP contribution is 2.47. The summed E-state index contributed by atoms with van der Waals surface area (Å²) in [6, 6.07) is 21.1. The molecule has 24 heavy (non-hydrogen) atoms. The Hall–Kier alpha value is -2.30. The molecule has 0 aliphatic rings. The Morgan fingerprint density at radius 1 is 0.833 bits per heavy atom. The molecule has 7 heteroatoms. The van der Waals surface area contributed by atoms with Crippen LogP contribution in [0.2, 0.25) is 0 Å². The molecular formula is C17H14BrN2O3P. The van der Waals surface area contributed by atoms with Crippen LogP contribution in [0.25, 0.3) is 0 Å². The normalized spacial score (nSPS) is 10.9. The number of anilines is 1. The molecule has 0 amide bonds. The average molecular weight is 405 g/mol. The van der Waals surface area contributed by atoms with Crippen LogP contribution in [0, 0.1) is 0 Å². The van der Waals surface area contributed by atoms with E-state index in [2.05, 4.69) is 26.0 Å². The lowest BCUT2D eigenvalue weighted by Crippen LogP contribution is -2.10. The van der Waals surface area contributed by atoms with Crippen molar-refractivity contribution in [3.63, 3.8) is 0 Å². The number of nitrogens with zero attached hydrogens (tertiary/aromatic N) is 1. The zero-order chi connectivity index (χ0) is 16.8. The maximum Gasteiger partial charge on any atom is 0.542 e. The second-order valence-corrected chi connectivity index (χ2v) is 7.28. The lowest BCUT2D eigenvalue weighted by molar-refractivity contribution is 0.392. The van der Waals surface area contributed by atoms with Crippen molar-refractivity contribution < 1.29 is 13.6 Å². The highest BCUT2D eigenvalue weighted by molar-refractivity contribution is 9.10. The molecule has 0 fully saturated rings. The van der Waals surface area contributed by atoms with Gasteiger partial charge in [0.05, 0.1) is 0 Å². The van der Waals surface area contributed by atoms with Gasteiger partial charge in [-0.1, -0.05) is 36.4 Å². The Bertz CT molecular complexity index is 784. The topological polar surface area (TPSA) is 60.5 Å². The van der Waals surface area contributed by atoms with E-state index in [0.29, 0.717) is 17.3 Å². The van der Waals surface area contributed by atoms with Crippen LogP contribution in [0.4, 0.5) is 5.82 Å². The molecule has 3 aromatic rings. The summed E-state index contributed by atoms with van der Waals surface area (Å²) in [4.78, 5) is 4.16. The molecule has 0 unspecified atom stereocenters. The van der Waals surface area contributed by atoms with E-state index in [1.54, 1.807) is 66.9 Å². The number of halogens is 1. The Kier molecular flexibility index (Phi) is 5.18. The van der Waals surface area contributed by atoms with Gasteiger partial charge in [0.15, 0.2) is 0 Å². The van der Waals surface area contributed by atoms with Crippen LogP contribution in [0.3, 0.4) is 0 Å². The van der Waals surface area contributed by atoms with Crippen molar-refractivity contribution in [2.75, 3.05) is 5.09 Å². The molecule has 1 N–H and O–H groups in total. The van der Waals surface area contributed by atoms with Gasteiger partial charge in [0.25, 0.3) is 0 Å². The fraction of sp³-hybridized carbons (Fsp3) is 0. The first-order valence-electron chi connectivity index (χ1n) is 7.12. The zero-order valence-corrected chi connectivity index (χ0v) is 15.0. The van der Waals surface area contributed by atoms with Crippen LogP contribution in [0.1, 0.15) is 0 Å². The molecule has 122 valence electrons. The third-order valence-electron chi connectivity index (χ3n) is 2.92. The molecule has 0 saturated heterocycles. The molecule has 0 radical (unpaired) electrons. The van der Waals surface area contributed by atoms with Gasteiger partial charge in [-0.15, -0.1) is 0 Å². The van der Waals surface area contributed by atoms with E-state index in [1.165, 1.54) is 0 Å². The first-order valence-corrected chi connectivity index (χ1v) is 9.46. The summed E-state index contributed by atoms with van der Waals surface area (Å²) in [6.07, 6.45) is 1.59. The summed E-state index contributed by atoms with van der Waals surface area (Å²) in [6.45, 7) is 0. The van der Waals surface area contributed by atoms with Crippen LogP contribution in [0.15, 0.2) is 83.5 Å². The summed E-state index contributed by atoms with van der Waals surface area (Å²) in [5.41, 5.74) is 0. The quantitative estimate of drug-likeness (QED) is 0.547. The number of pyridine rings is 1. The number of benzene rings is 2. The van der Waals surface area contributed by atoms with Crippen LogP contribution >= 0.6 is 23.7 Å². The molecule has 2 aromatic carbocycles. The monoisotopic (exact) mass is 404 g/mol. The number of aromatic nitrogens is 1. The molecular weight excluding hydrogens is 391 g/mol. The molecule has 0 aliphatic carbocycles. The van der Waals surface area contributed by atoms with Crippen molar-refractivity contribution in [1.29, 1.82) is 0 Å². The zero-order valence-electron chi connectivity index (χ0n) is 12.5. The van der Waals surface area contributed by atoms with Crippen LogP contribution in [-0.4, -0.2) is 4.98 Å². The average Bonchev–Trinajstić information content (AvgIpc) is 2.58. The predicted molar refractivity (Wildman–Crippen MR) is 97.3 cm³/mol. The van der Waals surface area contributed by atoms with Gasteiger partial charge in [-0.25, -0.2) is 9.55 Å². The van der Waals surface area contributed by atoms with Crippen LogP contribution in [0.5, 0.6) is 11.5 Å². The van der Waals surface area contributed by atoms with E-state index in [0.717, 1.165) is 4.47 Å². The Morgan fingerprint density at radius 2 is 1.38 bits per heavy atom. The molecule has 5 nitrogen and oxygen atoms in total. The smallest absolute Gasteiger partial charge is 0.400 e. The minimum absolute atomic E-state index is 0.383. The number of hydrogen-bond acceptors (Lipinski definition) is 4. The summed E-state index contributed by atoms with van der Waals surface area (Å²) in [5.74, 6) is 1.25. The molecule has 0 aliphatic heterocycles. The molecule has 0 spiro atoms. The van der Waals surface area contributed by atoms with Gasteiger partial charge < -0.3 is 9.05 Å². The number of hydrogen-bond donors (Lipinski definition) is 1. The first-order chi connectivity index (χ1) is 11.6. The van der Waals surface area contributed by atoms with Crippen LogP contribution in [-0.2, 0) is 4.57 Å². The van der Waals surface area contributed by atoms with E-state index in [9.17, 15) is 4.57 Å². The summed E-state index contributed by atoms with van der Waals surface area (Å²) >= 11 is 3.31. The standard InChI is InChI=1S/C17H14BrN2O3P/c18-14-11-12-17(19-13-14)20-24(21,22-15-7-3-1-4-8-15)23-16-9-5-2-6-10-16/h1-13H,(H,19,20,21). The van der Waals surface area contributed by atoms with Crippen molar-refractivity contribution in [1.82, 2.24) is 4.98 Å². The van der Waals surface area contributed by atoms with Gasteiger partial charge in [-0.3, -0.25) is 5.09 Å². The molecule has 0 atom stereocenters. The Morgan fingerprint density at radius 3 is 1.83 bits per heavy atom. The maximum absolute atomic E-state index is 13.2. The van der Waals surface area contributed by atoms with Crippen molar-refractivity contribution >= 4 is 29.5 Å². The molecule has 3 rings (SSSR count). The Balaban J connectivity index is 1.87. The number of rotatable bonds is 6. The SMILES string of the molecule is O=P(Nc1ccc(Br)cn1)(Oc1ccccc1)Oc1ccccc1. The van der Waals surface area contributed by atoms with Crippen LogP contribution < -0.4 is 14.1 Å². The molecule has 0 bridgehead atoms. The largest absolute Gasteiger partial charge is 0.542 e. The minimum Gasteiger partial charge on any atom is -0.400 e. The van der Waals surface area contributed by atoms with E-state index in [1.807, 2.05) is 12.1 Å². The first kappa shape index (κ1) is 16.6. The van der Waals surface area contributed by atoms with Gasteiger partial charge in [0, 0.05) is 10.7 Å². The summed E-state index contributed by atoms with van der Waals surface area (Å²) in [5, 5.41) is 2.76. The van der Waals surface area contributed by atoms with E-state index < -0.39 is 7.75 Å². The van der Waals surface area contributed by atoms with Gasteiger partial charge in [0.2, 0.25) is 0 Å². The van der Waals surface area contributed by atoms with Crippen molar-refractivity contribution in [2.45, 2.75) is 0 Å². The lowest BCUT2D eigenvalue weighted by Gasteiger charge is -2.20. The second kappa shape index (κ2) is 7.51. The lowest BCUT2D eigenvalue weighted by atomic mass is 10.3. The molecule has 1 heterocycles. The number of para-hydroxylation sites is 2. The molecule has 0 saturated carbocycles. The fourth-order valence-corrected chi connectivity index (χ4v) is 3.46. The second-order valence-electron chi connectivity index (χ2n) is 4.78. The minimum atomic E-state index is -3.73. The third kappa shape index (κ3) is 4.60. The van der Waals surface area contributed by atoms with E-state index >= 15 is 0 Å². The van der Waals surface area contributed by atoms with Gasteiger partial charge in [-0.2, -0.15) is 0 Å². The van der Waals surface area contributed by atoms with Gasteiger partial charge in [0.1, 0.15) is 17.3 Å². The van der Waals surface area contributed by atoms with E-state index in [-0.39, 0.29) is 0 Å². The maximum atomic E-state index is 13.2. The number of nitrogens with one attached hydrogen (secondary N) is 1. The van der Waals surface area contributed by atoms with Crippen molar-refractivity contribution in [3.8, 4) is 11.5 Å². The molecule has 1 aromatic heterocycles. The van der Waals surface area contributed by atoms with Crippen molar-refractivity contribution in [2.24, 2.45) is 0 Å². The van der Waals surface area contributed by atoms with Gasteiger partial charge in [-0.05, 0) is 52.3 Å².